The lowest BCUT2D eigenvalue weighted by Gasteiger charge is -2.40. The fourth-order valence-electron chi connectivity index (χ4n) is 2.80. The molecule has 0 radical (unpaired) electrons. The second-order valence-electron chi connectivity index (χ2n) is 5.27. The molecule has 0 bridgehead atoms. The monoisotopic (exact) mass is 253 g/mol. The maximum Gasteiger partial charge on any atom is 0.0661 e. The summed E-state index contributed by atoms with van der Waals surface area (Å²) in [4.78, 5) is 0. The molecule has 2 unspecified atom stereocenters. The Labute approximate surface area is 108 Å². The van der Waals surface area contributed by atoms with Crippen molar-refractivity contribution in [2.45, 2.75) is 38.1 Å². The first-order chi connectivity index (χ1) is 8.13. The van der Waals surface area contributed by atoms with Gasteiger partial charge in [0.1, 0.15) is 0 Å². The van der Waals surface area contributed by atoms with E-state index in [4.69, 9.17) is 11.6 Å². The van der Waals surface area contributed by atoms with E-state index in [-0.39, 0.29) is 12.1 Å². The minimum atomic E-state index is -0.147. The van der Waals surface area contributed by atoms with Crippen molar-refractivity contribution in [2.24, 2.45) is 5.92 Å². The van der Waals surface area contributed by atoms with Gasteiger partial charge < -0.3 is 10.4 Å². The van der Waals surface area contributed by atoms with Crippen LogP contribution in [0.5, 0.6) is 0 Å². The zero-order valence-electron chi connectivity index (χ0n) is 10.2. The zero-order valence-corrected chi connectivity index (χ0v) is 11.0. The number of hydrogen-bond donors (Lipinski definition) is 2. The summed E-state index contributed by atoms with van der Waals surface area (Å²) < 4.78 is 0. The molecule has 1 fully saturated rings. The summed E-state index contributed by atoms with van der Waals surface area (Å²) in [6.45, 7) is 2.45. The van der Waals surface area contributed by atoms with E-state index < -0.39 is 0 Å². The molecule has 0 spiro atoms. The smallest absolute Gasteiger partial charge is 0.0661 e. The lowest BCUT2D eigenvalue weighted by atomic mass is 9.76. The Morgan fingerprint density at radius 3 is 2.71 bits per heavy atom. The maximum atomic E-state index is 9.69. The van der Waals surface area contributed by atoms with Crippen LogP contribution in [0.1, 0.15) is 32.6 Å². The van der Waals surface area contributed by atoms with Crippen molar-refractivity contribution in [3.05, 3.63) is 29.3 Å². The van der Waals surface area contributed by atoms with E-state index >= 15 is 0 Å². The van der Waals surface area contributed by atoms with Crippen LogP contribution in [0, 0.1) is 5.92 Å². The van der Waals surface area contributed by atoms with Gasteiger partial charge in [0.05, 0.1) is 12.1 Å². The van der Waals surface area contributed by atoms with Crippen LogP contribution in [-0.2, 0) is 0 Å². The molecule has 2 N–H and O–H groups in total. The Balaban J connectivity index is 2.10. The minimum Gasteiger partial charge on any atom is -0.394 e. The molecule has 17 heavy (non-hydrogen) atoms. The van der Waals surface area contributed by atoms with Gasteiger partial charge in [-0.2, -0.15) is 0 Å². The summed E-state index contributed by atoms with van der Waals surface area (Å²) in [5, 5.41) is 13.9. The van der Waals surface area contributed by atoms with E-state index in [1.54, 1.807) is 0 Å². The number of benzene rings is 1. The van der Waals surface area contributed by atoms with Gasteiger partial charge in [-0.05, 0) is 43.0 Å². The second-order valence-corrected chi connectivity index (χ2v) is 5.71. The minimum absolute atomic E-state index is 0.147. The van der Waals surface area contributed by atoms with E-state index in [1.807, 2.05) is 24.3 Å². The van der Waals surface area contributed by atoms with Crippen LogP contribution in [0.3, 0.4) is 0 Å². The van der Waals surface area contributed by atoms with E-state index in [9.17, 15) is 5.11 Å². The largest absolute Gasteiger partial charge is 0.394 e. The third kappa shape index (κ3) is 3.14. The summed E-state index contributed by atoms with van der Waals surface area (Å²) in [5.41, 5.74) is 0.892. The van der Waals surface area contributed by atoms with Crippen molar-refractivity contribution in [3.63, 3.8) is 0 Å². The van der Waals surface area contributed by atoms with Gasteiger partial charge in [-0.25, -0.2) is 0 Å². The van der Waals surface area contributed by atoms with Crippen molar-refractivity contribution < 1.29 is 5.11 Å². The normalized spacial score (nSPS) is 29.0. The van der Waals surface area contributed by atoms with Gasteiger partial charge in [-0.1, -0.05) is 31.4 Å². The predicted octanol–water partition coefficient (Wildman–Crippen LogP) is 3.69. The molecule has 2 rings (SSSR count). The molecule has 2 nitrogen and oxygen atoms in total. The van der Waals surface area contributed by atoms with E-state index in [1.165, 1.54) is 12.8 Å². The summed E-state index contributed by atoms with van der Waals surface area (Å²) in [6, 6.07) is 7.69. The van der Waals surface area contributed by atoms with Crippen LogP contribution in [-0.4, -0.2) is 17.3 Å². The number of aliphatic hydroxyl groups excluding tert-OH is 1. The first-order valence-electron chi connectivity index (χ1n) is 6.28. The van der Waals surface area contributed by atoms with Gasteiger partial charge >= 0.3 is 0 Å². The van der Waals surface area contributed by atoms with Crippen molar-refractivity contribution in [3.8, 4) is 0 Å². The highest BCUT2D eigenvalue weighted by atomic mass is 35.5. The molecule has 1 saturated carbocycles. The molecule has 0 heterocycles. The summed E-state index contributed by atoms with van der Waals surface area (Å²) in [5.74, 6) is 0.677. The average Bonchev–Trinajstić information content (AvgIpc) is 2.32. The van der Waals surface area contributed by atoms with Gasteiger partial charge in [-0.3, -0.25) is 0 Å². The van der Waals surface area contributed by atoms with Gasteiger partial charge in [0, 0.05) is 10.7 Å². The number of halogens is 1. The van der Waals surface area contributed by atoms with E-state index in [0.29, 0.717) is 5.92 Å². The third-order valence-corrected chi connectivity index (χ3v) is 3.90. The van der Waals surface area contributed by atoms with Crippen LogP contribution in [0.2, 0.25) is 5.02 Å². The first kappa shape index (κ1) is 12.7. The topological polar surface area (TPSA) is 32.3 Å². The van der Waals surface area contributed by atoms with E-state index in [0.717, 1.165) is 23.6 Å². The van der Waals surface area contributed by atoms with Crippen molar-refractivity contribution in [2.75, 3.05) is 11.9 Å². The Kier molecular flexibility index (Phi) is 3.95. The fourth-order valence-corrected chi connectivity index (χ4v) is 2.92. The van der Waals surface area contributed by atoms with Gasteiger partial charge in [0.2, 0.25) is 0 Å². The molecule has 0 aliphatic heterocycles. The maximum absolute atomic E-state index is 9.69. The van der Waals surface area contributed by atoms with Crippen LogP contribution < -0.4 is 5.32 Å². The summed E-state index contributed by atoms with van der Waals surface area (Å²) >= 11 is 5.87. The van der Waals surface area contributed by atoms with Gasteiger partial charge in [0.15, 0.2) is 0 Å². The molecule has 94 valence electrons. The molecular formula is C14H20ClNO. The van der Waals surface area contributed by atoms with E-state index in [2.05, 4.69) is 12.2 Å². The molecule has 2 atom stereocenters. The Morgan fingerprint density at radius 1 is 1.41 bits per heavy atom. The molecule has 3 heteroatoms. The number of hydrogen-bond acceptors (Lipinski definition) is 2. The highest BCUT2D eigenvalue weighted by Gasteiger charge is 2.34. The molecule has 1 aliphatic rings. The number of nitrogens with one attached hydrogen (secondary N) is 1. The Bertz CT molecular complexity index is 365. The standard InChI is InChI=1S/C14H20ClNO/c1-11-3-2-8-14(9-11,10-17)16-13-6-4-12(15)5-7-13/h4-7,11,16-17H,2-3,8-10H2,1H3. The highest BCUT2D eigenvalue weighted by molar-refractivity contribution is 6.30. The highest BCUT2D eigenvalue weighted by Crippen LogP contribution is 2.34. The molecule has 1 aliphatic carbocycles. The number of anilines is 1. The van der Waals surface area contributed by atoms with Gasteiger partial charge in [-0.15, -0.1) is 0 Å². The molecule has 0 amide bonds. The Hall–Kier alpha value is -0.730. The number of rotatable bonds is 3. The number of aliphatic hydroxyl groups is 1. The van der Waals surface area contributed by atoms with Crippen molar-refractivity contribution in [1.82, 2.24) is 0 Å². The fraction of sp³-hybridized carbons (Fsp3) is 0.571. The van der Waals surface area contributed by atoms with Crippen molar-refractivity contribution in [1.29, 1.82) is 0 Å². The predicted molar refractivity (Wildman–Crippen MR) is 72.5 cm³/mol. The Morgan fingerprint density at radius 2 is 2.12 bits per heavy atom. The van der Waals surface area contributed by atoms with Crippen LogP contribution in [0.4, 0.5) is 5.69 Å². The average molecular weight is 254 g/mol. The SMILES string of the molecule is CC1CCCC(CO)(Nc2ccc(Cl)cc2)C1. The quantitative estimate of drug-likeness (QED) is 0.861. The zero-order chi connectivity index (χ0) is 12.3. The van der Waals surface area contributed by atoms with Crippen LogP contribution in [0.15, 0.2) is 24.3 Å². The first-order valence-corrected chi connectivity index (χ1v) is 6.66. The lowest BCUT2D eigenvalue weighted by Crippen LogP contribution is -2.45. The summed E-state index contributed by atoms with van der Waals surface area (Å²) in [6.07, 6.45) is 4.52. The van der Waals surface area contributed by atoms with Crippen LogP contribution in [0.25, 0.3) is 0 Å². The van der Waals surface area contributed by atoms with Crippen LogP contribution >= 0.6 is 11.6 Å². The molecule has 0 saturated heterocycles. The van der Waals surface area contributed by atoms with Crippen molar-refractivity contribution >= 4 is 17.3 Å². The third-order valence-electron chi connectivity index (χ3n) is 3.65. The molecular weight excluding hydrogens is 234 g/mol. The van der Waals surface area contributed by atoms with Gasteiger partial charge in [0.25, 0.3) is 0 Å². The summed E-state index contributed by atoms with van der Waals surface area (Å²) in [7, 11) is 0. The lowest BCUT2D eigenvalue weighted by molar-refractivity contribution is 0.149. The molecule has 1 aromatic carbocycles. The molecule has 1 aromatic rings. The second kappa shape index (κ2) is 5.28. The molecule has 0 aromatic heterocycles.